The number of nitrogens with zero attached hydrogens (tertiary/aromatic N) is 1. The van der Waals surface area contributed by atoms with Crippen molar-refractivity contribution in [3.05, 3.63) is 83.9 Å². The number of carbonyl (C=O) groups excluding carboxylic acids is 1. The van der Waals surface area contributed by atoms with Gasteiger partial charge >= 0.3 is 0 Å². The molecule has 0 unspecified atom stereocenters. The van der Waals surface area contributed by atoms with Crippen LogP contribution in [0.5, 0.6) is 11.5 Å². The lowest BCUT2D eigenvalue weighted by Gasteiger charge is -2.13. The Morgan fingerprint density at radius 2 is 1.62 bits per heavy atom. The van der Waals surface area contributed by atoms with Crippen LogP contribution in [0.15, 0.2) is 72.8 Å². The molecular weight excluding hydrogens is 324 g/mol. The zero-order chi connectivity index (χ0) is 18.5. The van der Waals surface area contributed by atoms with Gasteiger partial charge in [-0.1, -0.05) is 18.2 Å². The number of ether oxygens (including phenoxy) is 1. The summed E-state index contributed by atoms with van der Waals surface area (Å²) < 4.78 is 5.83. The molecule has 1 N–H and O–H groups in total. The van der Waals surface area contributed by atoms with E-state index in [-0.39, 0.29) is 5.91 Å². The second kappa shape index (κ2) is 7.74. The second-order valence-corrected chi connectivity index (χ2v) is 6.34. The fourth-order valence-electron chi connectivity index (χ4n) is 2.55. The van der Waals surface area contributed by atoms with E-state index in [2.05, 4.69) is 5.32 Å². The molecular formula is C22H22N2O2. The number of hydrogen-bond acceptors (Lipinski definition) is 3. The summed E-state index contributed by atoms with van der Waals surface area (Å²) in [6, 6.07) is 22.7. The molecule has 0 aliphatic heterocycles. The molecule has 1 amide bonds. The van der Waals surface area contributed by atoms with E-state index < -0.39 is 0 Å². The molecule has 0 atom stereocenters. The van der Waals surface area contributed by atoms with Gasteiger partial charge < -0.3 is 15.0 Å². The first kappa shape index (κ1) is 17.5. The van der Waals surface area contributed by atoms with Crippen LogP contribution < -0.4 is 15.0 Å². The molecule has 0 aliphatic rings. The number of nitrogens with one attached hydrogen (secondary N) is 1. The van der Waals surface area contributed by atoms with Crippen LogP contribution in [-0.2, 0) is 0 Å². The summed E-state index contributed by atoms with van der Waals surface area (Å²) in [5, 5.41) is 2.91. The van der Waals surface area contributed by atoms with E-state index in [9.17, 15) is 4.79 Å². The quantitative estimate of drug-likeness (QED) is 0.698. The van der Waals surface area contributed by atoms with Gasteiger partial charge in [-0.25, -0.2) is 0 Å². The molecule has 4 heteroatoms. The summed E-state index contributed by atoms with van der Waals surface area (Å²) in [5.41, 5.74) is 3.48. The Morgan fingerprint density at radius 3 is 2.31 bits per heavy atom. The first-order valence-electron chi connectivity index (χ1n) is 8.44. The minimum atomic E-state index is -0.138. The molecule has 0 radical (unpaired) electrons. The number of hydrogen-bond donors (Lipinski definition) is 1. The van der Waals surface area contributed by atoms with Crippen molar-refractivity contribution in [3.8, 4) is 11.5 Å². The Balaban J connectivity index is 1.67. The first-order valence-corrected chi connectivity index (χ1v) is 8.44. The molecule has 26 heavy (non-hydrogen) atoms. The highest BCUT2D eigenvalue weighted by atomic mass is 16.5. The van der Waals surface area contributed by atoms with Crippen molar-refractivity contribution >= 4 is 17.3 Å². The zero-order valence-electron chi connectivity index (χ0n) is 15.2. The number of aryl methyl sites for hydroxylation is 1. The van der Waals surface area contributed by atoms with E-state index >= 15 is 0 Å². The van der Waals surface area contributed by atoms with E-state index in [0.717, 1.165) is 28.4 Å². The molecule has 0 bridgehead atoms. The van der Waals surface area contributed by atoms with Crippen LogP contribution in [0, 0.1) is 6.92 Å². The third-order valence-electron chi connectivity index (χ3n) is 3.96. The van der Waals surface area contributed by atoms with Crippen molar-refractivity contribution in [3.63, 3.8) is 0 Å². The molecule has 132 valence electrons. The third kappa shape index (κ3) is 4.42. The van der Waals surface area contributed by atoms with E-state index in [1.165, 1.54) is 0 Å². The van der Waals surface area contributed by atoms with Crippen LogP contribution in [0.25, 0.3) is 0 Å². The Labute approximate surface area is 154 Å². The molecule has 0 aromatic heterocycles. The average molecular weight is 346 g/mol. The van der Waals surface area contributed by atoms with Crippen molar-refractivity contribution in [1.29, 1.82) is 0 Å². The first-order chi connectivity index (χ1) is 12.5. The highest BCUT2D eigenvalue weighted by Gasteiger charge is 2.08. The maximum Gasteiger partial charge on any atom is 0.255 e. The lowest BCUT2D eigenvalue weighted by molar-refractivity contribution is 0.102. The highest BCUT2D eigenvalue weighted by molar-refractivity contribution is 6.04. The molecule has 3 rings (SSSR count). The third-order valence-corrected chi connectivity index (χ3v) is 3.96. The maximum absolute atomic E-state index is 12.4. The van der Waals surface area contributed by atoms with Gasteiger partial charge in [0, 0.05) is 31.0 Å². The minimum absolute atomic E-state index is 0.138. The summed E-state index contributed by atoms with van der Waals surface area (Å²) >= 11 is 0. The highest BCUT2D eigenvalue weighted by Crippen LogP contribution is 2.24. The van der Waals surface area contributed by atoms with Crippen LogP contribution in [0.1, 0.15) is 15.9 Å². The van der Waals surface area contributed by atoms with E-state index in [0.29, 0.717) is 5.56 Å². The predicted octanol–water partition coefficient (Wildman–Crippen LogP) is 5.11. The van der Waals surface area contributed by atoms with Crippen LogP contribution in [-0.4, -0.2) is 20.0 Å². The summed E-state index contributed by atoms with van der Waals surface area (Å²) in [4.78, 5) is 14.4. The molecule has 0 heterocycles. The van der Waals surface area contributed by atoms with Gasteiger partial charge in [-0.2, -0.15) is 0 Å². The topological polar surface area (TPSA) is 41.6 Å². The van der Waals surface area contributed by atoms with Crippen LogP contribution in [0.3, 0.4) is 0 Å². The molecule has 0 saturated heterocycles. The normalized spacial score (nSPS) is 10.3. The van der Waals surface area contributed by atoms with Gasteiger partial charge in [-0.15, -0.1) is 0 Å². The molecule has 0 aliphatic carbocycles. The lowest BCUT2D eigenvalue weighted by atomic mass is 10.1. The number of carbonyl (C=O) groups is 1. The number of benzene rings is 3. The molecule has 0 spiro atoms. The average Bonchev–Trinajstić information content (AvgIpc) is 2.63. The van der Waals surface area contributed by atoms with Gasteiger partial charge in [0.05, 0.1) is 0 Å². The Morgan fingerprint density at radius 1 is 0.885 bits per heavy atom. The molecule has 0 saturated carbocycles. The van der Waals surface area contributed by atoms with Crippen LogP contribution in [0.2, 0.25) is 0 Å². The Bertz CT molecular complexity index is 902. The summed E-state index contributed by atoms with van der Waals surface area (Å²) in [6.45, 7) is 2.02. The monoisotopic (exact) mass is 346 g/mol. The largest absolute Gasteiger partial charge is 0.457 e. The SMILES string of the molecule is Cc1cccc(Oc2ccc(NC(=O)c3cccc(N(C)C)c3)cc2)c1. The number of anilines is 2. The summed E-state index contributed by atoms with van der Waals surface area (Å²) in [6.07, 6.45) is 0. The maximum atomic E-state index is 12.4. The van der Waals surface area contributed by atoms with Gasteiger partial charge in [0.25, 0.3) is 5.91 Å². The van der Waals surface area contributed by atoms with Crippen molar-refractivity contribution in [1.82, 2.24) is 0 Å². The number of amides is 1. The molecule has 4 nitrogen and oxygen atoms in total. The standard InChI is InChI=1S/C22H22N2O2/c1-16-6-4-9-21(14-16)26-20-12-10-18(11-13-20)23-22(25)17-7-5-8-19(15-17)24(2)3/h4-15H,1-3H3,(H,23,25). The predicted molar refractivity (Wildman–Crippen MR) is 106 cm³/mol. The fraction of sp³-hybridized carbons (Fsp3) is 0.136. The molecule has 0 fully saturated rings. The van der Waals surface area contributed by atoms with Crippen LogP contribution in [0.4, 0.5) is 11.4 Å². The van der Waals surface area contributed by atoms with Crippen LogP contribution >= 0.6 is 0 Å². The number of rotatable bonds is 5. The summed E-state index contributed by atoms with van der Waals surface area (Å²) in [5.74, 6) is 1.38. The fourth-order valence-corrected chi connectivity index (χ4v) is 2.55. The van der Waals surface area contributed by atoms with Gasteiger partial charge in [-0.05, 0) is 67.1 Å². The smallest absolute Gasteiger partial charge is 0.255 e. The van der Waals surface area contributed by atoms with Crippen molar-refractivity contribution < 1.29 is 9.53 Å². The summed E-state index contributed by atoms with van der Waals surface area (Å²) in [7, 11) is 3.90. The second-order valence-electron chi connectivity index (χ2n) is 6.34. The van der Waals surface area contributed by atoms with Crippen molar-refractivity contribution in [2.45, 2.75) is 6.92 Å². The van der Waals surface area contributed by atoms with Crippen molar-refractivity contribution in [2.75, 3.05) is 24.3 Å². The van der Waals surface area contributed by atoms with E-state index in [1.54, 1.807) is 6.07 Å². The van der Waals surface area contributed by atoms with E-state index in [1.807, 2.05) is 92.6 Å². The lowest BCUT2D eigenvalue weighted by Crippen LogP contribution is -2.14. The Hall–Kier alpha value is -3.27. The molecule has 3 aromatic rings. The van der Waals surface area contributed by atoms with Gasteiger partial charge in [0.15, 0.2) is 0 Å². The van der Waals surface area contributed by atoms with E-state index in [4.69, 9.17) is 4.74 Å². The molecule has 3 aromatic carbocycles. The Kier molecular flexibility index (Phi) is 5.23. The van der Waals surface area contributed by atoms with Gasteiger partial charge in [0.1, 0.15) is 11.5 Å². The van der Waals surface area contributed by atoms with Gasteiger partial charge in [0.2, 0.25) is 0 Å². The minimum Gasteiger partial charge on any atom is -0.457 e. The van der Waals surface area contributed by atoms with Crippen molar-refractivity contribution in [2.24, 2.45) is 0 Å². The van der Waals surface area contributed by atoms with Gasteiger partial charge in [-0.3, -0.25) is 4.79 Å². The zero-order valence-corrected chi connectivity index (χ0v) is 15.2.